The zero-order valence-electron chi connectivity index (χ0n) is 19.2. The molecular formula is C20H38IN7O2. The number of halogens is 1. The smallest absolute Gasteiger partial charge is 0.410 e. The molecule has 0 radical (unpaired) electrons. The van der Waals surface area contributed by atoms with Crippen LogP contribution in [0.5, 0.6) is 0 Å². The summed E-state index contributed by atoms with van der Waals surface area (Å²) in [7, 11) is 0. The topological polar surface area (TPSA) is 96.7 Å². The Hall–Kier alpha value is -1.59. The van der Waals surface area contributed by atoms with Crippen LogP contribution in [0.25, 0.3) is 0 Å². The van der Waals surface area contributed by atoms with Crippen molar-refractivity contribution in [2.24, 2.45) is 4.99 Å². The second-order valence-corrected chi connectivity index (χ2v) is 8.37. The van der Waals surface area contributed by atoms with Gasteiger partial charge in [-0.05, 0) is 47.5 Å². The number of ether oxygens (including phenoxy) is 1. The van der Waals surface area contributed by atoms with Crippen molar-refractivity contribution in [2.75, 3.05) is 26.2 Å². The van der Waals surface area contributed by atoms with E-state index in [4.69, 9.17) is 4.74 Å². The van der Waals surface area contributed by atoms with Gasteiger partial charge < -0.3 is 20.3 Å². The van der Waals surface area contributed by atoms with Gasteiger partial charge in [0.15, 0.2) is 5.96 Å². The first-order valence-electron chi connectivity index (χ1n) is 10.6. The molecule has 0 aromatic carbocycles. The highest BCUT2D eigenvalue weighted by Crippen LogP contribution is 2.13. The first kappa shape index (κ1) is 26.4. The van der Waals surface area contributed by atoms with Crippen LogP contribution in [0.4, 0.5) is 4.79 Å². The van der Waals surface area contributed by atoms with Crippen LogP contribution in [0.3, 0.4) is 0 Å². The fourth-order valence-corrected chi connectivity index (χ4v) is 3.24. The zero-order chi connectivity index (χ0) is 21.4. The maximum absolute atomic E-state index is 12.4. The largest absolute Gasteiger partial charge is 0.444 e. The quantitative estimate of drug-likeness (QED) is 0.317. The van der Waals surface area contributed by atoms with Crippen molar-refractivity contribution in [3.05, 3.63) is 11.6 Å². The van der Waals surface area contributed by atoms with E-state index in [0.29, 0.717) is 19.6 Å². The van der Waals surface area contributed by atoms with Crippen LogP contribution in [-0.4, -0.2) is 69.5 Å². The summed E-state index contributed by atoms with van der Waals surface area (Å²) in [5, 5.41) is 11.2. The van der Waals surface area contributed by atoms with Crippen molar-refractivity contribution in [3.8, 4) is 0 Å². The molecule has 1 amide bonds. The third-order valence-electron chi connectivity index (χ3n) is 4.43. The molecule has 1 unspecified atom stereocenters. The number of nitrogens with zero attached hydrogens (tertiary/aromatic N) is 5. The molecule has 0 saturated heterocycles. The lowest BCUT2D eigenvalue weighted by Crippen LogP contribution is -2.47. The predicted octanol–water partition coefficient (Wildman–Crippen LogP) is 2.72. The molecule has 0 saturated carbocycles. The minimum atomic E-state index is -0.498. The molecule has 2 N–H and O–H groups in total. The van der Waals surface area contributed by atoms with Crippen LogP contribution in [0, 0.1) is 6.92 Å². The van der Waals surface area contributed by atoms with Gasteiger partial charge in [0.25, 0.3) is 0 Å². The molecule has 0 fully saturated rings. The summed E-state index contributed by atoms with van der Waals surface area (Å²) in [4.78, 5) is 23.2. The molecule has 2 heterocycles. The molecule has 0 bridgehead atoms. The van der Waals surface area contributed by atoms with Crippen molar-refractivity contribution < 1.29 is 9.53 Å². The van der Waals surface area contributed by atoms with Crippen LogP contribution in [0.1, 0.15) is 59.1 Å². The number of hydrogen-bond donors (Lipinski definition) is 2. The Labute approximate surface area is 197 Å². The van der Waals surface area contributed by atoms with Crippen LogP contribution in [0.15, 0.2) is 4.99 Å². The van der Waals surface area contributed by atoms with Gasteiger partial charge in [-0.25, -0.2) is 14.5 Å². The zero-order valence-corrected chi connectivity index (χ0v) is 21.5. The van der Waals surface area contributed by atoms with Crippen molar-refractivity contribution in [1.82, 2.24) is 30.3 Å². The lowest BCUT2D eigenvalue weighted by atomic mass is 10.1. The fraction of sp³-hybridized carbons (Fsp3) is 0.800. The van der Waals surface area contributed by atoms with Gasteiger partial charge in [0.1, 0.15) is 17.2 Å². The minimum Gasteiger partial charge on any atom is -0.444 e. The van der Waals surface area contributed by atoms with E-state index in [9.17, 15) is 4.79 Å². The predicted molar refractivity (Wildman–Crippen MR) is 129 cm³/mol. The van der Waals surface area contributed by atoms with Gasteiger partial charge in [0.2, 0.25) is 0 Å². The number of fused-ring (bicyclic) bond motifs is 1. The summed E-state index contributed by atoms with van der Waals surface area (Å²) in [6, 6.07) is 0.249. The molecule has 0 aliphatic carbocycles. The number of aliphatic imine (C=N–C) groups is 1. The van der Waals surface area contributed by atoms with Gasteiger partial charge in [-0.1, -0.05) is 6.92 Å². The standard InChI is InChI=1S/C20H37N7O2.HI/c1-7-12-26(19(28)29-20(4,5)6)13-11-22-18(21-8-2)24-16-9-10-17-23-15(3)25-27(17)14-16;/h16H,7-14H2,1-6H3,(H2,21,22,24);1H. The Kier molecular flexibility index (Phi) is 10.9. The van der Waals surface area contributed by atoms with E-state index in [1.165, 1.54) is 0 Å². The third kappa shape index (κ3) is 8.65. The molecule has 9 nitrogen and oxygen atoms in total. The van der Waals surface area contributed by atoms with Gasteiger partial charge >= 0.3 is 6.09 Å². The molecule has 1 aromatic heterocycles. The van der Waals surface area contributed by atoms with Gasteiger partial charge in [0.05, 0.1) is 13.1 Å². The summed E-state index contributed by atoms with van der Waals surface area (Å²) in [6.45, 7) is 14.9. The molecular weight excluding hydrogens is 497 g/mol. The molecule has 1 atom stereocenters. The summed E-state index contributed by atoms with van der Waals surface area (Å²) in [5.74, 6) is 2.63. The number of carbonyl (C=O) groups excluding carboxylic acids is 1. The number of aryl methyl sites for hydroxylation is 2. The van der Waals surface area contributed by atoms with Crippen LogP contribution < -0.4 is 10.6 Å². The minimum absolute atomic E-state index is 0. The SMILES string of the molecule is CCCN(CCN=C(NCC)NC1CCc2nc(C)nn2C1)C(=O)OC(C)(C)C.I. The van der Waals surface area contributed by atoms with E-state index in [2.05, 4.69) is 32.6 Å². The van der Waals surface area contributed by atoms with Gasteiger partial charge in [0, 0.05) is 32.1 Å². The molecule has 1 aliphatic heterocycles. The molecule has 1 aromatic rings. The molecule has 30 heavy (non-hydrogen) atoms. The van der Waals surface area contributed by atoms with Crippen molar-refractivity contribution in [3.63, 3.8) is 0 Å². The summed E-state index contributed by atoms with van der Waals surface area (Å²) in [6.07, 6.45) is 2.49. The summed E-state index contributed by atoms with van der Waals surface area (Å²) >= 11 is 0. The summed E-state index contributed by atoms with van der Waals surface area (Å²) < 4.78 is 7.48. The second kappa shape index (κ2) is 12.3. The van der Waals surface area contributed by atoms with E-state index >= 15 is 0 Å². The average Bonchev–Trinajstić information content (AvgIpc) is 2.99. The monoisotopic (exact) mass is 535 g/mol. The van der Waals surface area contributed by atoms with Crippen molar-refractivity contribution >= 4 is 36.0 Å². The van der Waals surface area contributed by atoms with E-state index in [1.807, 2.05) is 39.3 Å². The van der Waals surface area contributed by atoms with Crippen LogP contribution in [-0.2, 0) is 17.7 Å². The molecule has 2 rings (SSSR count). The maximum Gasteiger partial charge on any atom is 0.410 e. The highest BCUT2D eigenvalue weighted by Gasteiger charge is 2.23. The lowest BCUT2D eigenvalue weighted by molar-refractivity contribution is 0.0256. The van der Waals surface area contributed by atoms with E-state index in [-0.39, 0.29) is 36.1 Å². The third-order valence-corrected chi connectivity index (χ3v) is 4.43. The van der Waals surface area contributed by atoms with Crippen LogP contribution >= 0.6 is 24.0 Å². The Balaban J connectivity index is 0.00000450. The highest BCUT2D eigenvalue weighted by molar-refractivity contribution is 14.0. The Morgan fingerprint density at radius 2 is 2.07 bits per heavy atom. The number of nitrogens with one attached hydrogen (secondary N) is 2. The first-order chi connectivity index (χ1) is 13.7. The number of guanidine groups is 1. The van der Waals surface area contributed by atoms with Gasteiger partial charge in [-0.3, -0.25) is 4.99 Å². The van der Waals surface area contributed by atoms with Gasteiger partial charge in [-0.15, -0.1) is 24.0 Å². The molecule has 10 heteroatoms. The summed E-state index contributed by atoms with van der Waals surface area (Å²) in [5.41, 5.74) is -0.498. The number of hydrogen-bond acceptors (Lipinski definition) is 5. The number of carbonyl (C=O) groups is 1. The van der Waals surface area contributed by atoms with E-state index in [1.54, 1.807) is 4.90 Å². The highest BCUT2D eigenvalue weighted by atomic mass is 127. The number of amides is 1. The van der Waals surface area contributed by atoms with Crippen molar-refractivity contribution in [2.45, 2.75) is 79.0 Å². The van der Waals surface area contributed by atoms with E-state index in [0.717, 1.165) is 50.0 Å². The Bertz CT molecular complexity index is 700. The van der Waals surface area contributed by atoms with Gasteiger partial charge in [-0.2, -0.15) is 5.10 Å². The van der Waals surface area contributed by atoms with Crippen molar-refractivity contribution in [1.29, 1.82) is 0 Å². The molecule has 1 aliphatic rings. The average molecular weight is 535 g/mol. The maximum atomic E-state index is 12.4. The molecule has 172 valence electrons. The number of aromatic nitrogens is 3. The number of rotatable bonds is 7. The normalized spacial score (nSPS) is 16.3. The second-order valence-electron chi connectivity index (χ2n) is 8.37. The fourth-order valence-electron chi connectivity index (χ4n) is 3.24. The van der Waals surface area contributed by atoms with Crippen LogP contribution in [0.2, 0.25) is 0 Å². The first-order valence-corrected chi connectivity index (χ1v) is 10.6. The lowest BCUT2D eigenvalue weighted by Gasteiger charge is -2.27. The van der Waals surface area contributed by atoms with E-state index < -0.39 is 5.60 Å². The molecule has 0 spiro atoms. The Morgan fingerprint density at radius 1 is 1.33 bits per heavy atom. The Morgan fingerprint density at radius 3 is 2.70 bits per heavy atom.